The third kappa shape index (κ3) is 3.33. The van der Waals surface area contributed by atoms with Crippen molar-refractivity contribution >= 4 is 21.2 Å². The van der Waals surface area contributed by atoms with Gasteiger partial charge in [0.25, 0.3) is 0 Å². The number of halogens is 1. The van der Waals surface area contributed by atoms with E-state index in [1.165, 1.54) is 12.1 Å². The van der Waals surface area contributed by atoms with Crippen LogP contribution in [0.1, 0.15) is 18.5 Å². The quantitative estimate of drug-likeness (QED) is 0.852. The van der Waals surface area contributed by atoms with Crippen molar-refractivity contribution in [2.75, 3.05) is 17.3 Å². The molecule has 0 aliphatic rings. The Labute approximate surface area is 123 Å². The van der Waals surface area contributed by atoms with Gasteiger partial charge in [0.1, 0.15) is 5.82 Å². The number of nitrogens with one attached hydrogen (secondary N) is 1. The van der Waals surface area contributed by atoms with Gasteiger partial charge < -0.3 is 11.1 Å². The standard InChI is InChI=1S/C15H17FN2O2S/c1-10(11-6-3-4-7-12(11)16)18-13-8-5-9-14(15(13)17)21(2,19)20/h3-10,18H,17H2,1-2H3. The summed E-state index contributed by atoms with van der Waals surface area (Å²) < 4.78 is 37.0. The molecule has 1 unspecified atom stereocenters. The number of benzene rings is 2. The minimum absolute atomic E-state index is 0.0632. The zero-order valence-corrected chi connectivity index (χ0v) is 12.6. The van der Waals surface area contributed by atoms with E-state index in [4.69, 9.17) is 5.73 Å². The van der Waals surface area contributed by atoms with Gasteiger partial charge >= 0.3 is 0 Å². The monoisotopic (exact) mass is 308 g/mol. The Kier molecular flexibility index (Phi) is 4.18. The third-order valence-electron chi connectivity index (χ3n) is 3.21. The number of hydrogen-bond acceptors (Lipinski definition) is 4. The molecule has 6 heteroatoms. The lowest BCUT2D eigenvalue weighted by Gasteiger charge is -2.18. The van der Waals surface area contributed by atoms with Crippen LogP contribution in [0.2, 0.25) is 0 Å². The molecule has 0 amide bonds. The fourth-order valence-electron chi connectivity index (χ4n) is 2.13. The van der Waals surface area contributed by atoms with Crippen LogP contribution in [0.15, 0.2) is 47.4 Å². The van der Waals surface area contributed by atoms with Gasteiger partial charge in [-0.15, -0.1) is 0 Å². The topological polar surface area (TPSA) is 72.2 Å². The third-order valence-corrected chi connectivity index (χ3v) is 4.36. The average Bonchev–Trinajstić information content (AvgIpc) is 2.40. The highest BCUT2D eigenvalue weighted by atomic mass is 32.2. The maximum Gasteiger partial charge on any atom is 0.177 e. The van der Waals surface area contributed by atoms with E-state index in [1.54, 1.807) is 37.3 Å². The number of nitrogens with two attached hydrogens (primary N) is 1. The van der Waals surface area contributed by atoms with E-state index in [9.17, 15) is 12.8 Å². The van der Waals surface area contributed by atoms with Crippen LogP contribution in [-0.2, 0) is 9.84 Å². The smallest absolute Gasteiger partial charge is 0.177 e. The van der Waals surface area contributed by atoms with Crippen LogP contribution >= 0.6 is 0 Å². The highest BCUT2D eigenvalue weighted by molar-refractivity contribution is 7.90. The molecule has 3 N–H and O–H groups in total. The fraction of sp³-hybridized carbons (Fsp3) is 0.200. The van der Waals surface area contributed by atoms with Crippen molar-refractivity contribution in [3.63, 3.8) is 0 Å². The number of nitrogen functional groups attached to an aromatic ring is 1. The van der Waals surface area contributed by atoms with E-state index in [0.717, 1.165) is 6.26 Å². The molecule has 0 fully saturated rings. The van der Waals surface area contributed by atoms with E-state index in [2.05, 4.69) is 5.32 Å². The highest BCUT2D eigenvalue weighted by Gasteiger charge is 2.16. The first kappa shape index (κ1) is 15.3. The number of hydrogen-bond donors (Lipinski definition) is 2. The van der Waals surface area contributed by atoms with Gasteiger partial charge in [-0.25, -0.2) is 12.8 Å². The molecule has 4 nitrogen and oxygen atoms in total. The number of rotatable bonds is 4. The molecule has 0 heterocycles. The summed E-state index contributed by atoms with van der Waals surface area (Å²) in [6, 6.07) is 10.8. The molecule has 0 aromatic heterocycles. The van der Waals surface area contributed by atoms with Crippen LogP contribution in [0, 0.1) is 5.82 Å². The molecule has 2 aromatic carbocycles. The second-order valence-electron chi connectivity index (χ2n) is 4.88. The van der Waals surface area contributed by atoms with Crippen molar-refractivity contribution in [2.45, 2.75) is 17.9 Å². The van der Waals surface area contributed by atoms with Crippen LogP contribution in [0.4, 0.5) is 15.8 Å². The Bertz CT molecular complexity index is 760. The summed E-state index contributed by atoms with van der Waals surface area (Å²) in [7, 11) is -3.40. The lowest BCUT2D eigenvalue weighted by molar-refractivity contribution is 0.599. The van der Waals surface area contributed by atoms with Crippen LogP contribution in [0.5, 0.6) is 0 Å². The molecular formula is C15H17FN2O2S. The molecule has 2 aromatic rings. The Morgan fingerprint density at radius 1 is 1.14 bits per heavy atom. The van der Waals surface area contributed by atoms with Crippen molar-refractivity contribution < 1.29 is 12.8 Å². The number of para-hydroxylation sites is 1. The molecule has 2 rings (SSSR count). The molecule has 0 aliphatic carbocycles. The van der Waals surface area contributed by atoms with Gasteiger partial charge in [-0.1, -0.05) is 24.3 Å². The zero-order valence-electron chi connectivity index (χ0n) is 11.8. The van der Waals surface area contributed by atoms with Gasteiger partial charge in [0.15, 0.2) is 9.84 Å². The fourth-order valence-corrected chi connectivity index (χ4v) is 2.97. The minimum atomic E-state index is -3.40. The summed E-state index contributed by atoms with van der Waals surface area (Å²) in [6.45, 7) is 1.78. The maximum absolute atomic E-state index is 13.7. The molecule has 21 heavy (non-hydrogen) atoms. The van der Waals surface area contributed by atoms with Gasteiger partial charge in [0, 0.05) is 11.8 Å². The first-order chi connectivity index (χ1) is 9.80. The lowest BCUT2D eigenvalue weighted by atomic mass is 10.1. The maximum atomic E-state index is 13.7. The summed E-state index contributed by atoms with van der Waals surface area (Å²) >= 11 is 0. The Morgan fingerprint density at radius 2 is 1.81 bits per heavy atom. The Hall–Kier alpha value is -2.08. The van der Waals surface area contributed by atoms with Crippen molar-refractivity contribution in [2.24, 2.45) is 0 Å². The van der Waals surface area contributed by atoms with Crippen molar-refractivity contribution in [1.82, 2.24) is 0 Å². The molecule has 0 aliphatic heterocycles. The second-order valence-corrected chi connectivity index (χ2v) is 6.86. The van der Waals surface area contributed by atoms with Crippen LogP contribution in [0.25, 0.3) is 0 Å². The van der Waals surface area contributed by atoms with E-state index >= 15 is 0 Å². The highest BCUT2D eigenvalue weighted by Crippen LogP contribution is 2.30. The Balaban J connectivity index is 2.35. The van der Waals surface area contributed by atoms with Gasteiger partial charge in [0.2, 0.25) is 0 Å². The summed E-state index contributed by atoms with van der Waals surface area (Å²) in [4.78, 5) is 0.0632. The van der Waals surface area contributed by atoms with E-state index in [-0.39, 0.29) is 22.4 Å². The summed E-state index contributed by atoms with van der Waals surface area (Å²) in [6.07, 6.45) is 1.10. The molecule has 0 spiro atoms. The molecule has 112 valence electrons. The molecule has 0 bridgehead atoms. The molecular weight excluding hydrogens is 291 g/mol. The minimum Gasteiger partial charge on any atom is -0.396 e. The Morgan fingerprint density at radius 3 is 2.43 bits per heavy atom. The van der Waals surface area contributed by atoms with E-state index in [0.29, 0.717) is 11.3 Å². The molecule has 0 radical (unpaired) electrons. The van der Waals surface area contributed by atoms with E-state index in [1.807, 2.05) is 0 Å². The van der Waals surface area contributed by atoms with Gasteiger partial charge in [-0.2, -0.15) is 0 Å². The largest absolute Gasteiger partial charge is 0.396 e. The molecule has 1 atom stereocenters. The van der Waals surface area contributed by atoms with Crippen LogP contribution in [0.3, 0.4) is 0 Å². The summed E-state index contributed by atoms with van der Waals surface area (Å²) in [5.41, 5.74) is 6.99. The van der Waals surface area contributed by atoms with Crippen LogP contribution in [-0.4, -0.2) is 14.7 Å². The molecule has 0 saturated carbocycles. The van der Waals surface area contributed by atoms with Crippen molar-refractivity contribution in [3.05, 3.63) is 53.8 Å². The zero-order chi connectivity index (χ0) is 15.6. The average molecular weight is 308 g/mol. The first-order valence-corrected chi connectivity index (χ1v) is 8.29. The SMILES string of the molecule is CC(Nc1cccc(S(C)(=O)=O)c1N)c1ccccc1F. The normalized spacial score (nSPS) is 12.9. The van der Waals surface area contributed by atoms with E-state index < -0.39 is 9.84 Å². The number of sulfone groups is 1. The number of anilines is 2. The van der Waals surface area contributed by atoms with Crippen LogP contribution < -0.4 is 11.1 Å². The predicted octanol–water partition coefficient (Wildman–Crippen LogP) is 2.98. The predicted molar refractivity (Wildman–Crippen MR) is 82.4 cm³/mol. The second kappa shape index (κ2) is 5.73. The summed E-state index contributed by atoms with van der Waals surface area (Å²) in [5, 5.41) is 3.05. The lowest BCUT2D eigenvalue weighted by Crippen LogP contribution is -2.12. The summed E-state index contributed by atoms with van der Waals surface area (Å²) in [5.74, 6) is -0.324. The van der Waals surface area contributed by atoms with Crippen molar-refractivity contribution in [1.29, 1.82) is 0 Å². The van der Waals surface area contributed by atoms with Gasteiger partial charge in [-0.05, 0) is 25.1 Å². The first-order valence-electron chi connectivity index (χ1n) is 6.40. The van der Waals surface area contributed by atoms with Crippen molar-refractivity contribution in [3.8, 4) is 0 Å². The molecule has 0 saturated heterocycles. The van der Waals surface area contributed by atoms with Gasteiger partial charge in [0.05, 0.1) is 22.3 Å². The van der Waals surface area contributed by atoms with Gasteiger partial charge in [-0.3, -0.25) is 0 Å².